The van der Waals surface area contributed by atoms with Crippen LogP contribution in [-0.4, -0.2) is 37.7 Å². The van der Waals surface area contributed by atoms with Gasteiger partial charge in [-0.2, -0.15) is 0 Å². The van der Waals surface area contributed by atoms with E-state index >= 15 is 0 Å². The van der Waals surface area contributed by atoms with Gasteiger partial charge in [0.1, 0.15) is 0 Å². The SMILES string of the molecule is CCCC(=O)Nc1cccc(CN=C(NCC)NCC2CCCOC2C(C)(C)C)c1. The van der Waals surface area contributed by atoms with Crippen molar-refractivity contribution < 1.29 is 9.53 Å². The Balaban J connectivity index is 1.98. The van der Waals surface area contributed by atoms with Crippen molar-refractivity contribution in [3.05, 3.63) is 29.8 Å². The maximum Gasteiger partial charge on any atom is 0.224 e. The van der Waals surface area contributed by atoms with Crippen LogP contribution in [0.15, 0.2) is 29.3 Å². The number of rotatable bonds is 8. The minimum atomic E-state index is 0.0521. The fourth-order valence-corrected chi connectivity index (χ4v) is 3.95. The van der Waals surface area contributed by atoms with E-state index in [1.54, 1.807) is 0 Å². The Kier molecular flexibility index (Phi) is 9.63. The highest BCUT2D eigenvalue weighted by molar-refractivity contribution is 5.90. The molecule has 0 saturated carbocycles. The van der Waals surface area contributed by atoms with Crippen LogP contribution in [0.2, 0.25) is 0 Å². The fourth-order valence-electron chi connectivity index (χ4n) is 3.95. The molecule has 3 N–H and O–H groups in total. The smallest absolute Gasteiger partial charge is 0.224 e. The third kappa shape index (κ3) is 7.98. The Bertz CT molecular complexity index is 697. The topological polar surface area (TPSA) is 74.8 Å². The van der Waals surface area contributed by atoms with Crippen molar-refractivity contribution in [2.75, 3.05) is 25.0 Å². The normalized spacial score (nSPS) is 20.0. The number of hydrogen-bond acceptors (Lipinski definition) is 3. The van der Waals surface area contributed by atoms with Crippen LogP contribution in [0.1, 0.15) is 65.9 Å². The van der Waals surface area contributed by atoms with E-state index in [1.165, 1.54) is 6.42 Å². The first-order valence-corrected chi connectivity index (χ1v) is 11.4. The molecule has 1 aliphatic rings. The second kappa shape index (κ2) is 11.9. The highest BCUT2D eigenvalue weighted by Crippen LogP contribution is 2.33. The Hall–Kier alpha value is -2.08. The summed E-state index contributed by atoms with van der Waals surface area (Å²) in [7, 11) is 0. The molecular formula is C24H40N4O2. The van der Waals surface area contributed by atoms with Gasteiger partial charge >= 0.3 is 0 Å². The third-order valence-electron chi connectivity index (χ3n) is 5.28. The highest BCUT2D eigenvalue weighted by atomic mass is 16.5. The van der Waals surface area contributed by atoms with Crippen LogP contribution < -0.4 is 16.0 Å². The van der Waals surface area contributed by atoms with Gasteiger partial charge in [-0.15, -0.1) is 0 Å². The molecule has 0 radical (unpaired) electrons. The second-order valence-electron chi connectivity index (χ2n) is 9.13. The molecule has 0 bridgehead atoms. The average Bonchev–Trinajstić information content (AvgIpc) is 2.70. The van der Waals surface area contributed by atoms with Crippen molar-refractivity contribution in [2.45, 2.75) is 73.0 Å². The Morgan fingerprint density at radius 2 is 2.03 bits per heavy atom. The first kappa shape index (κ1) is 24.2. The van der Waals surface area contributed by atoms with E-state index in [-0.39, 0.29) is 17.4 Å². The van der Waals surface area contributed by atoms with Crippen molar-refractivity contribution in [3.63, 3.8) is 0 Å². The van der Waals surface area contributed by atoms with Gasteiger partial charge in [0, 0.05) is 37.7 Å². The molecule has 0 spiro atoms. The summed E-state index contributed by atoms with van der Waals surface area (Å²) in [6.45, 7) is 13.9. The van der Waals surface area contributed by atoms with Gasteiger partial charge in [-0.1, -0.05) is 39.8 Å². The zero-order chi connectivity index (χ0) is 22.0. The second-order valence-corrected chi connectivity index (χ2v) is 9.13. The monoisotopic (exact) mass is 416 g/mol. The molecule has 1 aromatic rings. The summed E-state index contributed by atoms with van der Waals surface area (Å²) >= 11 is 0. The van der Waals surface area contributed by atoms with E-state index in [2.05, 4.69) is 43.6 Å². The number of aliphatic imine (C=N–C) groups is 1. The van der Waals surface area contributed by atoms with Crippen LogP contribution in [0.5, 0.6) is 0 Å². The number of guanidine groups is 1. The van der Waals surface area contributed by atoms with Gasteiger partial charge in [-0.3, -0.25) is 4.79 Å². The first-order valence-electron chi connectivity index (χ1n) is 11.4. The minimum Gasteiger partial charge on any atom is -0.377 e. The summed E-state index contributed by atoms with van der Waals surface area (Å²) in [5.41, 5.74) is 2.02. The molecule has 1 aliphatic heterocycles. The largest absolute Gasteiger partial charge is 0.377 e. The van der Waals surface area contributed by atoms with Gasteiger partial charge in [-0.05, 0) is 49.3 Å². The summed E-state index contributed by atoms with van der Waals surface area (Å²) in [4.78, 5) is 16.6. The first-order chi connectivity index (χ1) is 14.3. The maximum atomic E-state index is 11.8. The van der Waals surface area contributed by atoms with Crippen LogP contribution in [0, 0.1) is 11.3 Å². The van der Waals surface area contributed by atoms with Crippen molar-refractivity contribution >= 4 is 17.6 Å². The molecule has 0 aliphatic carbocycles. The molecule has 2 unspecified atom stereocenters. The number of hydrogen-bond donors (Lipinski definition) is 3. The van der Waals surface area contributed by atoms with Gasteiger partial charge < -0.3 is 20.7 Å². The Labute approximate surface area is 182 Å². The van der Waals surface area contributed by atoms with E-state index in [0.29, 0.717) is 18.9 Å². The maximum absolute atomic E-state index is 11.8. The van der Waals surface area contributed by atoms with E-state index < -0.39 is 0 Å². The number of ether oxygens (including phenoxy) is 1. The number of benzene rings is 1. The Morgan fingerprint density at radius 3 is 2.73 bits per heavy atom. The van der Waals surface area contributed by atoms with Crippen molar-refractivity contribution in [1.29, 1.82) is 0 Å². The summed E-state index contributed by atoms with van der Waals surface area (Å²) in [5, 5.41) is 9.80. The van der Waals surface area contributed by atoms with Crippen molar-refractivity contribution in [1.82, 2.24) is 10.6 Å². The molecule has 6 nitrogen and oxygen atoms in total. The third-order valence-corrected chi connectivity index (χ3v) is 5.28. The molecule has 1 fully saturated rings. The standard InChI is InChI=1S/C24H40N4O2/c1-6-10-21(29)28-20-13-8-11-18(15-20)16-26-23(25-7-2)27-17-19-12-9-14-30-22(19)24(3,4)5/h8,11,13,15,19,22H,6-7,9-10,12,14,16-17H2,1-5H3,(H,28,29)(H2,25,26,27). The van der Waals surface area contributed by atoms with Gasteiger partial charge in [0.25, 0.3) is 0 Å². The summed E-state index contributed by atoms with van der Waals surface area (Å²) in [6, 6.07) is 7.90. The molecule has 168 valence electrons. The molecular weight excluding hydrogens is 376 g/mol. The molecule has 30 heavy (non-hydrogen) atoms. The molecule has 6 heteroatoms. The zero-order valence-electron chi connectivity index (χ0n) is 19.4. The molecule has 1 aromatic carbocycles. The molecule has 1 saturated heterocycles. The molecule has 1 amide bonds. The van der Waals surface area contributed by atoms with Gasteiger partial charge in [0.2, 0.25) is 5.91 Å². The van der Waals surface area contributed by atoms with Crippen LogP contribution in [-0.2, 0) is 16.1 Å². The fraction of sp³-hybridized carbons (Fsp3) is 0.667. The van der Waals surface area contributed by atoms with E-state index in [0.717, 1.165) is 49.7 Å². The number of amides is 1. The molecule has 1 heterocycles. The van der Waals surface area contributed by atoms with Crippen LogP contribution in [0.3, 0.4) is 0 Å². The summed E-state index contributed by atoms with van der Waals surface area (Å²) < 4.78 is 6.10. The summed E-state index contributed by atoms with van der Waals surface area (Å²) in [5.74, 6) is 1.34. The lowest BCUT2D eigenvalue weighted by atomic mass is 9.78. The molecule has 2 rings (SSSR count). The highest BCUT2D eigenvalue weighted by Gasteiger charge is 2.35. The molecule has 0 aromatic heterocycles. The predicted molar refractivity (Wildman–Crippen MR) is 125 cm³/mol. The minimum absolute atomic E-state index is 0.0521. The number of nitrogens with zero attached hydrogens (tertiary/aromatic N) is 1. The van der Waals surface area contributed by atoms with Crippen LogP contribution in [0.4, 0.5) is 5.69 Å². The number of nitrogens with one attached hydrogen (secondary N) is 3. The lowest BCUT2D eigenvalue weighted by molar-refractivity contribution is -0.116. The van der Waals surface area contributed by atoms with Gasteiger partial charge in [0.15, 0.2) is 5.96 Å². The number of anilines is 1. The lowest BCUT2D eigenvalue weighted by Crippen LogP contribution is -2.47. The van der Waals surface area contributed by atoms with Crippen LogP contribution >= 0.6 is 0 Å². The summed E-state index contributed by atoms with van der Waals surface area (Å²) in [6.07, 6.45) is 3.93. The number of carbonyl (C=O) groups is 1. The van der Waals surface area contributed by atoms with Crippen LogP contribution in [0.25, 0.3) is 0 Å². The quantitative estimate of drug-likeness (QED) is 0.436. The lowest BCUT2D eigenvalue weighted by Gasteiger charge is -2.40. The van der Waals surface area contributed by atoms with Crippen molar-refractivity contribution in [3.8, 4) is 0 Å². The van der Waals surface area contributed by atoms with E-state index in [9.17, 15) is 4.79 Å². The average molecular weight is 417 g/mol. The Morgan fingerprint density at radius 1 is 1.23 bits per heavy atom. The van der Waals surface area contributed by atoms with E-state index in [1.807, 2.05) is 31.2 Å². The van der Waals surface area contributed by atoms with E-state index in [4.69, 9.17) is 9.73 Å². The zero-order valence-corrected chi connectivity index (χ0v) is 19.4. The van der Waals surface area contributed by atoms with Gasteiger partial charge in [0.05, 0.1) is 12.6 Å². The molecule has 2 atom stereocenters. The number of carbonyl (C=O) groups excluding carboxylic acids is 1. The van der Waals surface area contributed by atoms with Crippen molar-refractivity contribution in [2.24, 2.45) is 16.3 Å². The predicted octanol–water partition coefficient (Wildman–Crippen LogP) is 4.32. The van der Waals surface area contributed by atoms with Gasteiger partial charge in [-0.25, -0.2) is 4.99 Å².